The smallest absolute Gasteiger partial charge is 0.344 e. The molecule has 166 valence electrons. The summed E-state index contributed by atoms with van der Waals surface area (Å²) in [5.74, 6) is -5.40. The van der Waals surface area contributed by atoms with E-state index in [4.69, 9.17) is 0 Å². The Kier molecular flexibility index (Phi) is 8.55. The van der Waals surface area contributed by atoms with Gasteiger partial charge in [0.25, 0.3) is 0 Å². The molecule has 0 spiro atoms. The summed E-state index contributed by atoms with van der Waals surface area (Å²) in [6.45, 7) is 4.06. The average Bonchev–Trinajstić information content (AvgIpc) is 2.71. The van der Waals surface area contributed by atoms with E-state index in [2.05, 4.69) is 5.32 Å². The molecule has 1 rings (SSSR count). The van der Waals surface area contributed by atoms with Crippen molar-refractivity contribution < 1.29 is 34.5 Å². The van der Waals surface area contributed by atoms with E-state index in [9.17, 15) is 34.5 Å². The molecule has 0 aliphatic heterocycles. The number of carboxylic acids is 1. The van der Waals surface area contributed by atoms with Gasteiger partial charge < -0.3 is 20.6 Å². The van der Waals surface area contributed by atoms with Crippen molar-refractivity contribution in [3.63, 3.8) is 0 Å². The first-order chi connectivity index (χ1) is 13.8. The summed E-state index contributed by atoms with van der Waals surface area (Å²) in [7, 11) is 3.06. The molecule has 0 saturated carbocycles. The zero-order valence-electron chi connectivity index (χ0n) is 17.9. The summed E-state index contributed by atoms with van der Waals surface area (Å²) in [6, 6.07) is 7.36. The Morgan fingerprint density at radius 3 is 2.10 bits per heavy atom. The largest absolute Gasteiger partial charge is 0.479 e. The van der Waals surface area contributed by atoms with Crippen LogP contribution in [0.25, 0.3) is 0 Å². The molecule has 4 atom stereocenters. The van der Waals surface area contributed by atoms with Crippen LogP contribution in [0, 0.1) is 0 Å². The van der Waals surface area contributed by atoms with Gasteiger partial charge in [-0.15, -0.1) is 0 Å². The second-order valence-electron chi connectivity index (χ2n) is 7.66. The molecule has 0 saturated heterocycles. The van der Waals surface area contributed by atoms with E-state index in [1.165, 1.54) is 20.9 Å². The molecule has 0 bridgehead atoms. The predicted octanol–water partition coefficient (Wildman–Crippen LogP) is -0.221. The number of aliphatic hydroxyl groups is 2. The molecule has 0 radical (unpaired) electrons. The lowest BCUT2D eigenvalue weighted by atomic mass is 9.78. The van der Waals surface area contributed by atoms with Crippen LogP contribution in [0.4, 0.5) is 0 Å². The van der Waals surface area contributed by atoms with Gasteiger partial charge in [0.2, 0.25) is 11.4 Å². The highest BCUT2D eigenvalue weighted by Crippen LogP contribution is 2.25. The van der Waals surface area contributed by atoms with E-state index in [1.807, 2.05) is 30.3 Å². The summed E-state index contributed by atoms with van der Waals surface area (Å²) in [5, 5.41) is 33.1. The van der Waals surface area contributed by atoms with E-state index in [0.29, 0.717) is 6.54 Å². The summed E-state index contributed by atoms with van der Waals surface area (Å²) in [6.07, 6.45) is -1.08. The van der Waals surface area contributed by atoms with Gasteiger partial charge in [-0.05, 0) is 40.4 Å². The number of nitrogens with zero attached hydrogens (tertiary/aromatic N) is 1. The van der Waals surface area contributed by atoms with Crippen LogP contribution in [-0.2, 0) is 25.7 Å². The van der Waals surface area contributed by atoms with Crippen LogP contribution in [0.5, 0.6) is 0 Å². The van der Waals surface area contributed by atoms with Gasteiger partial charge in [0.1, 0.15) is 0 Å². The van der Waals surface area contributed by atoms with Gasteiger partial charge >= 0.3 is 5.97 Å². The van der Waals surface area contributed by atoms with Crippen molar-refractivity contribution in [3.8, 4) is 0 Å². The highest BCUT2D eigenvalue weighted by Gasteiger charge is 2.56. The molecular weight excluding hydrogens is 392 g/mol. The highest BCUT2D eigenvalue weighted by molar-refractivity contribution is 6.22. The SMILES string of the molecule is CN[C@@H](C)C(=O)CC(O)(C(=O)O)C(=O)C(C)(O)C(=O)[C@H](C)N(C)Cc1ccccc1. The molecule has 30 heavy (non-hydrogen) atoms. The number of likely N-dealkylation sites (N-methyl/N-ethyl adjacent to an activating group) is 2. The predicted molar refractivity (Wildman–Crippen MR) is 109 cm³/mol. The molecule has 9 heteroatoms. The molecule has 0 fully saturated rings. The Bertz CT molecular complexity index is 794. The lowest BCUT2D eigenvalue weighted by Crippen LogP contribution is -2.63. The maximum Gasteiger partial charge on any atom is 0.344 e. The fourth-order valence-corrected chi connectivity index (χ4v) is 2.95. The van der Waals surface area contributed by atoms with Crippen molar-refractivity contribution in [2.24, 2.45) is 0 Å². The van der Waals surface area contributed by atoms with Gasteiger partial charge in [-0.1, -0.05) is 30.3 Å². The first-order valence-corrected chi connectivity index (χ1v) is 9.50. The third-order valence-electron chi connectivity index (χ3n) is 5.31. The van der Waals surface area contributed by atoms with E-state index in [1.54, 1.807) is 11.9 Å². The van der Waals surface area contributed by atoms with Crippen molar-refractivity contribution in [2.75, 3.05) is 14.1 Å². The molecule has 0 aromatic heterocycles. The Hall–Kier alpha value is -2.46. The molecule has 2 unspecified atom stereocenters. The first-order valence-electron chi connectivity index (χ1n) is 9.50. The van der Waals surface area contributed by atoms with Crippen molar-refractivity contribution in [1.82, 2.24) is 10.2 Å². The van der Waals surface area contributed by atoms with E-state index >= 15 is 0 Å². The standard InChI is InChI=1S/C21H30N2O7/c1-13(22-4)16(24)11-21(30,19(27)28)18(26)20(3,29)17(25)14(2)23(5)12-15-9-7-6-8-10-15/h6-10,13-14,22,29-30H,11-12H2,1-5H3,(H,27,28)/t13-,14-,20?,21?/m0/s1. The van der Waals surface area contributed by atoms with Crippen molar-refractivity contribution in [2.45, 2.75) is 57.0 Å². The summed E-state index contributed by atoms with van der Waals surface area (Å²) in [5.41, 5.74) is -5.17. The number of benzene rings is 1. The van der Waals surface area contributed by atoms with Gasteiger partial charge in [0.15, 0.2) is 17.2 Å². The average molecular weight is 422 g/mol. The fourth-order valence-electron chi connectivity index (χ4n) is 2.95. The van der Waals surface area contributed by atoms with Gasteiger partial charge in [0.05, 0.1) is 18.5 Å². The quantitative estimate of drug-likeness (QED) is 0.336. The van der Waals surface area contributed by atoms with Gasteiger partial charge in [-0.25, -0.2) is 4.79 Å². The van der Waals surface area contributed by atoms with Crippen LogP contribution < -0.4 is 5.32 Å². The molecule has 1 aromatic rings. The number of nitrogens with one attached hydrogen (secondary N) is 1. The number of aliphatic carboxylic acids is 1. The molecular formula is C21H30N2O7. The molecule has 0 aliphatic carbocycles. The van der Waals surface area contributed by atoms with E-state index < -0.39 is 53.0 Å². The Balaban J connectivity index is 3.09. The number of rotatable bonds is 12. The number of ketones is 3. The molecule has 9 nitrogen and oxygen atoms in total. The van der Waals surface area contributed by atoms with Crippen LogP contribution in [-0.4, -0.2) is 80.9 Å². The molecule has 4 N–H and O–H groups in total. The zero-order chi connectivity index (χ0) is 23.3. The number of carboxylic acid groups (broad SMARTS) is 1. The second kappa shape index (κ2) is 10.0. The van der Waals surface area contributed by atoms with Crippen LogP contribution >= 0.6 is 0 Å². The molecule has 0 aliphatic rings. The number of Topliss-reactive ketones (excluding diaryl/α,β-unsaturated/α-hetero) is 3. The third-order valence-corrected chi connectivity index (χ3v) is 5.31. The van der Waals surface area contributed by atoms with E-state index in [0.717, 1.165) is 12.5 Å². The van der Waals surface area contributed by atoms with Gasteiger partial charge in [-0.2, -0.15) is 0 Å². The first kappa shape index (κ1) is 25.6. The summed E-state index contributed by atoms with van der Waals surface area (Å²) in [4.78, 5) is 51.0. The normalized spacial score (nSPS) is 17.5. The number of hydrogen-bond donors (Lipinski definition) is 4. The fraction of sp³-hybridized carbons (Fsp3) is 0.524. The topological polar surface area (TPSA) is 144 Å². The van der Waals surface area contributed by atoms with Crippen LogP contribution in [0.3, 0.4) is 0 Å². The molecule has 0 heterocycles. The monoisotopic (exact) mass is 422 g/mol. The van der Waals surface area contributed by atoms with Crippen molar-refractivity contribution >= 4 is 23.3 Å². The van der Waals surface area contributed by atoms with Crippen molar-refractivity contribution in [3.05, 3.63) is 35.9 Å². The number of carbonyl (C=O) groups is 4. The molecule has 0 amide bonds. The maximum absolute atomic E-state index is 12.9. The van der Waals surface area contributed by atoms with Gasteiger partial charge in [0, 0.05) is 6.54 Å². The Morgan fingerprint density at radius 1 is 1.10 bits per heavy atom. The summed E-state index contributed by atoms with van der Waals surface area (Å²) >= 11 is 0. The van der Waals surface area contributed by atoms with Crippen LogP contribution in [0.1, 0.15) is 32.8 Å². The zero-order valence-corrected chi connectivity index (χ0v) is 17.9. The minimum absolute atomic E-state index is 0.333. The van der Waals surface area contributed by atoms with Crippen molar-refractivity contribution in [1.29, 1.82) is 0 Å². The maximum atomic E-state index is 12.9. The Morgan fingerprint density at radius 2 is 1.63 bits per heavy atom. The lowest BCUT2D eigenvalue weighted by Gasteiger charge is -2.33. The minimum atomic E-state index is -3.24. The van der Waals surface area contributed by atoms with Gasteiger partial charge in [-0.3, -0.25) is 19.3 Å². The highest BCUT2D eigenvalue weighted by atomic mass is 16.4. The summed E-state index contributed by atoms with van der Waals surface area (Å²) < 4.78 is 0. The number of hydrogen-bond acceptors (Lipinski definition) is 8. The minimum Gasteiger partial charge on any atom is -0.479 e. The number of carbonyl (C=O) groups excluding carboxylic acids is 3. The van der Waals surface area contributed by atoms with Crippen LogP contribution in [0.2, 0.25) is 0 Å². The third kappa shape index (κ3) is 5.57. The lowest BCUT2D eigenvalue weighted by molar-refractivity contribution is -0.178. The van der Waals surface area contributed by atoms with E-state index in [-0.39, 0.29) is 0 Å². The molecule has 1 aromatic carbocycles. The van der Waals surface area contributed by atoms with Crippen LogP contribution in [0.15, 0.2) is 30.3 Å². The second-order valence-corrected chi connectivity index (χ2v) is 7.66. The Labute approximate surface area is 175 Å².